The molecule has 0 rings (SSSR count). The van der Waals surface area contributed by atoms with Crippen molar-refractivity contribution in [3.63, 3.8) is 0 Å². The monoisotopic (exact) mass is 357 g/mol. The lowest BCUT2D eigenvalue weighted by molar-refractivity contribution is 0.0527. The van der Waals surface area contributed by atoms with Crippen LogP contribution in [0, 0.1) is 0 Å². The second kappa shape index (κ2) is 13.8. The number of amides is 1. The van der Waals surface area contributed by atoms with E-state index >= 15 is 0 Å². The molecule has 0 saturated heterocycles. The zero-order valence-corrected chi connectivity index (χ0v) is 17.1. The van der Waals surface area contributed by atoms with Gasteiger partial charge >= 0.3 is 6.09 Å². The number of guanidine groups is 1. The molecular formula is C18H39N5O2. The fraction of sp³-hybridized carbons (Fsp3) is 0.889. The second-order valence-corrected chi connectivity index (χ2v) is 6.85. The number of hydrogen-bond donors (Lipinski definition) is 3. The van der Waals surface area contributed by atoms with Crippen molar-refractivity contribution in [2.75, 3.05) is 45.8 Å². The summed E-state index contributed by atoms with van der Waals surface area (Å²) < 4.78 is 5.19. The van der Waals surface area contributed by atoms with E-state index < -0.39 is 5.60 Å². The number of ether oxygens (including phenoxy) is 1. The average molecular weight is 358 g/mol. The Morgan fingerprint density at radius 2 is 1.64 bits per heavy atom. The van der Waals surface area contributed by atoms with Gasteiger partial charge in [0, 0.05) is 26.2 Å². The van der Waals surface area contributed by atoms with E-state index in [1.807, 2.05) is 20.8 Å². The lowest BCUT2D eigenvalue weighted by atomic mass is 10.2. The highest BCUT2D eigenvalue weighted by Crippen LogP contribution is 2.06. The van der Waals surface area contributed by atoms with Crippen LogP contribution in [-0.4, -0.2) is 68.4 Å². The van der Waals surface area contributed by atoms with Crippen LogP contribution in [0.25, 0.3) is 0 Å². The third kappa shape index (κ3) is 14.5. The van der Waals surface area contributed by atoms with Gasteiger partial charge in [-0.3, -0.25) is 4.99 Å². The van der Waals surface area contributed by atoms with Crippen LogP contribution in [0.2, 0.25) is 0 Å². The predicted molar refractivity (Wildman–Crippen MR) is 105 cm³/mol. The Kier molecular flexibility index (Phi) is 12.9. The van der Waals surface area contributed by atoms with Crippen molar-refractivity contribution in [3.8, 4) is 0 Å². The highest BCUT2D eigenvalue weighted by molar-refractivity contribution is 5.79. The lowest BCUT2D eigenvalue weighted by Crippen LogP contribution is -2.39. The maximum atomic E-state index is 11.5. The van der Waals surface area contributed by atoms with Crippen LogP contribution in [0.5, 0.6) is 0 Å². The van der Waals surface area contributed by atoms with Crippen molar-refractivity contribution in [3.05, 3.63) is 0 Å². The molecular weight excluding hydrogens is 318 g/mol. The minimum absolute atomic E-state index is 0.377. The number of alkyl carbamates (subject to hydrolysis) is 1. The van der Waals surface area contributed by atoms with Crippen LogP contribution in [0.3, 0.4) is 0 Å². The van der Waals surface area contributed by atoms with Crippen LogP contribution < -0.4 is 16.0 Å². The van der Waals surface area contributed by atoms with Gasteiger partial charge in [-0.05, 0) is 60.2 Å². The van der Waals surface area contributed by atoms with E-state index in [-0.39, 0.29) is 6.09 Å². The second-order valence-electron chi connectivity index (χ2n) is 6.85. The molecule has 0 aliphatic rings. The number of nitrogens with zero attached hydrogens (tertiary/aromatic N) is 2. The SMILES string of the molecule is CCNC(=NCCCNC(=O)OC(C)(C)C)NCCCN(CC)CC. The van der Waals surface area contributed by atoms with E-state index in [0.717, 1.165) is 51.5 Å². The third-order valence-electron chi connectivity index (χ3n) is 3.46. The predicted octanol–water partition coefficient (Wildman–Crippen LogP) is 2.19. The van der Waals surface area contributed by atoms with Crippen molar-refractivity contribution >= 4 is 12.1 Å². The van der Waals surface area contributed by atoms with Crippen molar-refractivity contribution in [1.29, 1.82) is 0 Å². The molecule has 3 N–H and O–H groups in total. The molecule has 0 fully saturated rings. The van der Waals surface area contributed by atoms with Crippen LogP contribution in [0.4, 0.5) is 4.79 Å². The molecule has 0 aromatic heterocycles. The van der Waals surface area contributed by atoms with Gasteiger partial charge in [0.05, 0.1) is 0 Å². The molecule has 0 spiro atoms. The quantitative estimate of drug-likeness (QED) is 0.300. The average Bonchev–Trinajstić information content (AvgIpc) is 2.52. The van der Waals surface area contributed by atoms with E-state index in [1.165, 1.54) is 0 Å². The molecule has 148 valence electrons. The number of carbonyl (C=O) groups is 1. The first-order chi connectivity index (χ1) is 11.8. The highest BCUT2D eigenvalue weighted by Gasteiger charge is 2.15. The molecule has 0 heterocycles. The topological polar surface area (TPSA) is 78.0 Å². The zero-order chi connectivity index (χ0) is 19.1. The third-order valence-corrected chi connectivity index (χ3v) is 3.46. The molecule has 0 aromatic carbocycles. The molecule has 7 nitrogen and oxygen atoms in total. The fourth-order valence-electron chi connectivity index (χ4n) is 2.17. The fourth-order valence-corrected chi connectivity index (χ4v) is 2.17. The maximum Gasteiger partial charge on any atom is 0.407 e. The van der Waals surface area contributed by atoms with Gasteiger partial charge in [0.25, 0.3) is 0 Å². The molecule has 25 heavy (non-hydrogen) atoms. The van der Waals surface area contributed by atoms with Crippen LogP contribution in [-0.2, 0) is 4.74 Å². The Labute approximate surface area is 154 Å². The largest absolute Gasteiger partial charge is 0.444 e. The summed E-state index contributed by atoms with van der Waals surface area (Å²) >= 11 is 0. The zero-order valence-electron chi connectivity index (χ0n) is 17.1. The van der Waals surface area contributed by atoms with E-state index in [1.54, 1.807) is 0 Å². The van der Waals surface area contributed by atoms with E-state index in [9.17, 15) is 4.79 Å². The van der Waals surface area contributed by atoms with Crippen LogP contribution >= 0.6 is 0 Å². The first-order valence-electron chi connectivity index (χ1n) is 9.53. The molecule has 0 aliphatic carbocycles. The molecule has 0 radical (unpaired) electrons. The molecule has 0 bridgehead atoms. The van der Waals surface area contributed by atoms with Crippen LogP contribution in [0.1, 0.15) is 54.4 Å². The Balaban J connectivity index is 3.97. The summed E-state index contributed by atoms with van der Waals surface area (Å²) in [5.41, 5.74) is -0.463. The van der Waals surface area contributed by atoms with Gasteiger partial charge in [0.15, 0.2) is 5.96 Å². The molecule has 0 aliphatic heterocycles. The Morgan fingerprint density at radius 3 is 2.20 bits per heavy atom. The molecule has 0 atom stereocenters. The van der Waals surface area contributed by atoms with Crippen molar-refractivity contribution in [2.24, 2.45) is 4.99 Å². The molecule has 7 heteroatoms. The molecule has 0 saturated carbocycles. The van der Waals surface area contributed by atoms with Gasteiger partial charge in [0.2, 0.25) is 0 Å². The van der Waals surface area contributed by atoms with E-state index in [0.29, 0.717) is 13.1 Å². The number of aliphatic imine (C=N–C) groups is 1. The van der Waals surface area contributed by atoms with Crippen molar-refractivity contribution in [1.82, 2.24) is 20.9 Å². The summed E-state index contributed by atoms with van der Waals surface area (Å²) in [6, 6.07) is 0. The van der Waals surface area contributed by atoms with E-state index in [4.69, 9.17) is 4.74 Å². The van der Waals surface area contributed by atoms with Gasteiger partial charge in [-0.25, -0.2) is 4.79 Å². The standard InChI is InChI=1S/C18H39N5O2/c1-7-19-16(21-14-11-15-23(8-2)9-3)20-12-10-13-22-17(24)25-18(4,5)6/h7-15H2,1-6H3,(H,22,24)(H2,19,20,21). The summed E-state index contributed by atoms with van der Waals surface area (Å²) in [6.45, 7) is 18.2. The molecule has 0 unspecified atom stereocenters. The first kappa shape index (κ1) is 23.5. The summed E-state index contributed by atoms with van der Waals surface area (Å²) in [6.07, 6.45) is 1.49. The number of carbonyl (C=O) groups excluding carboxylic acids is 1. The minimum atomic E-state index is -0.463. The van der Waals surface area contributed by atoms with Gasteiger partial charge in [-0.1, -0.05) is 13.8 Å². The van der Waals surface area contributed by atoms with Gasteiger partial charge < -0.3 is 25.6 Å². The highest BCUT2D eigenvalue weighted by atomic mass is 16.6. The number of nitrogens with one attached hydrogen (secondary N) is 3. The summed E-state index contributed by atoms with van der Waals surface area (Å²) in [4.78, 5) is 18.5. The minimum Gasteiger partial charge on any atom is -0.444 e. The summed E-state index contributed by atoms with van der Waals surface area (Å²) in [7, 11) is 0. The van der Waals surface area contributed by atoms with Gasteiger partial charge in [0.1, 0.15) is 5.60 Å². The molecule has 0 aromatic rings. The number of rotatable bonds is 11. The van der Waals surface area contributed by atoms with Crippen LogP contribution in [0.15, 0.2) is 4.99 Å². The first-order valence-corrected chi connectivity index (χ1v) is 9.53. The summed E-state index contributed by atoms with van der Waals surface area (Å²) in [5.74, 6) is 0.833. The van der Waals surface area contributed by atoms with Crippen molar-refractivity contribution in [2.45, 2.75) is 60.0 Å². The Bertz CT molecular complexity index is 376. The van der Waals surface area contributed by atoms with E-state index in [2.05, 4.69) is 46.6 Å². The number of hydrogen-bond acceptors (Lipinski definition) is 4. The van der Waals surface area contributed by atoms with Crippen molar-refractivity contribution < 1.29 is 9.53 Å². The molecule has 1 amide bonds. The van der Waals surface area contributed by atoms with Gasteiger partial charge in [-0.15, -0.1) is 0 Å². The maximum absolute atomic E-state index is 11.5. The lowest BCUT2D eigenvalue weighted by Gasteiger charge is -2.19. The normalized spacial score (nSPS) is 12.2. The Hall–Kier alpha value is -1.50. The Morgan fingerprint density at radius 1 is 1.00 bits per heavy atom. The summed E-state index contributed by atoms with van der Waals surface area (Å²) in [5, 5.41) is 9.34. The van der Waals surface area contributed by atoms with Gasteiger partial charge in [-0.2, -0.15) is 0 Å². The smallest absolute Gasteiger partial charge is 0.407 e.